The van der Waals surface area contributed by atoms with Crippen LogP contribution >= 0.6 is 0 Å². The van der Waals surface area contributed by atoms with E-state index < -0.39 is 0 Å². The fourth-order valence-corrected chi connectivity index (χ4v) is 7.54. The van der Waals surface area contributed by atoms with Gasteiger partial charge in [0, 0.05) is 38.2 Å². The van der Waals surface area contributed by atoms with E-state index in [-0.39, 0.29) is 25.5 Å². The van der Waals surface area contributed by atoms with Gasteiger partial charge in [0.15, 0.2) is 0 Å². The maximum atomic E-state index is 4.85. The molecule has 0 unspecified atom stereocenters. The summed E-state index contributed by atoms with van der Waals surface area (Å²) in [6.45, 7) is 11.0. The van der Waals surface area contributed by atoms with Gasteiger partial charge >= 0.3 is 0 Å². The number of aromatic nitrogens is 2. The number of benzene rings is 2. The van der Waals surface area contributed by atoms with E-state index in [4.69, 9.17) is 20.3 Å². The predicted molar refractivity (Wildman–Crippen MR) is 182 cm³/mol. The molecule has 4 aromatic rings. The molecular formula is C39H46IrN4-2. The Balaban J connectivity index is 0.000000176. The van der Waals surface area contributed by atoms with Crippen molar-refractivity contribution in [2.75, 3.05) is 0 Å². The molecule has 0 amide bonds. The molecule has 0 atom stereocenters. The summed E-state index contributed by atoms with van der Waals surface area (Å²) in [5.74, 6) is 0. The van der Waals surface area contributed by atoms with E-state index in [0.717, 1.165) is 22.2 Å². The summed E-state index contributed by atoms with van der Waals surface area (Å²) in [6.07, 6.45) is 19.3. The van der Waals surface area contributed by atoms with Crippen molar-refractivity contribution in [2.45, 2.75) is 116 Å². The first-order valence-corrected chi connectivity index (χ1v) is 16.4. The van der Waals surface area contributed by atoms with E-state index in [1.807, 2.05) is 24.5 Å². The molecular weight excluding hydrogens is 717 g/mol. The van der Waals surface area contributed by atoms with Crippen molar-refractivity contribution >= 4 is 27.4 Å². The molecule has 2 saturated carbocycles. The fraction of sp³-hybridized carbons (Fsp3) is 0.462. The second kappa shape index (κ2) is 14.0. The van der Waals surface area contributed by atoms with Gasteiger partial charge in [0.2, 0.25) is 0 Å². The van der Waals surface area contributed by atoms with Crippen LogP contribution in [-0.2, 0) is 25.5 Å². The van der Waals surface area contributed by atoms with Crippen LogP contribution in [0.25, 0.3) is 38.2 Å². The summed E-state index contributed by atoms with van der Waals surface area (Å²) in [5, 5.41) is 8.49. The summed E-state index contributed by atoms with van der Waals surface area (Å²) in [4.78, 5) is 14.3. The number of allylic oxidation sites excluding steroid dienone is 2. The van der Waals surface area contributed by atoms with Gasteiger partial charge in [-0.25, -0.2) is 0 Å². The summed E-state index contributed by atoms with van der Waals surface area (Å²) in [7, 11) is 0. The number of fused-ring (bicyclic) bond motifs is 4. The Kier molecular flexibility index (Phi) is 10.4. The zero-order chi connectivity index (χ0) is 30.0. The minimum absolute atomic E-state index is 0. The SMILES string of the molecule is CC(/C=C(/C)[N-]C1CCCCC1)=NC1CCCCC1.Cc1cc2c3c(nccc3c1)-c1[c-]cc3cccnc3c1C2(C)C.[Ir]. The van der Waals surface area contributed by atoms with Crippen LogP contribution in [0.15, 0.2) is 65.6 Å². The van der Waals surface area contributed by atoms with E-state index in [1.165, 1.54) is 103 Å². The van der Waals surface area contributed by atoms with Gasteiger partial charge < -0.3 is 10.3 Å². The third kappa shape index (κ3) is 6.85. The Labute approximate surface area is 277 Å². The Morgan fingerprint density at radius 2 is 1.66 bits per heavy atom. The number of pyridine rings is 2. The van der Waals surface area contributed by atoms with Crippen LogP contribution < -0.4 is 0 Å². The molecule has 3 aliphatic rings. The van der Waals surface area contributed by atoms with Gasteiger partial charge in [0.1, 0.15) is 0 Å². The molecule has 0 saturated heterocycles. The van der Waals surface area contributed by atoms with Gasteiger partial charge in [0.25, 0.3) is 0 Å². The summed E-state index contributed by atoms with van der Waals surface area (Å²) >= 11 is 0. The Morgan fingerprint density at radius 1 is 0.932 bits per heavy atom. The molecule has 3 aliphatic carbocycles. The summed E-state index contributed by atoms with van der Waals surface area (Å²) < 4.78 is 0. The second-order valence-electron chi connectivity index (χ2n) is 13.4. The molecule has 0 bridgehead atoms. The minimum atomic E-state index is -0.139. The second-order valence-corrected chi connectivity index (χ2v) is 13.4. The van der Waals surface area contributed by atoms with Crippen LogP contribution in [0.5, 0.6) is 0 Å². The van der Waals surface area contributed by atoms with Crippen LogP contribution in [0.2, 0.25) is 0 Å². The van der Waals surface area contributed by atoms with Crippen LogP contribution in [0, 0.1) is 13.0 Å². The van der Waals surface area contributed by atoms with Crippen molar-refractivity contribution in [3.8, 4) is 11.3 Å². The fourth-order valence-electron chi connectivity index (χ4n) is 7.54. The molecule has 0 N–H and O–H groups in total. The van der Waals surface area contributed by atoms with Gasteiger partial charge in [-0.2, -0.15) is 5.70 Å². The Hall–Kier alpha value is -2.88. The largest absolute Gasteiger partial charge is 0.685 e. The predicted octanol–water partition coefficient (Wildman–Crippen LogP) is 10.6. The van der Waals surface area contributed by atoms with Crippen LogP contribution in [-0.4, -0.2) is 27.8 Å². The van der Waals surface area contributed by atoms with E-state index in [1.54, 1.807) is 0 Å². The van der Waals surface area contributed by atoms with Crippen molar-refractivity contribution in [1.29, 1.82) is 0 Å². The topological polar surface area (TPSA) is 52.2 Å². The zero-order valence-corrected chi connectivity index (χ0v) is 29.4. The molecule has 1 radical (unpaired) electrons. The average molecular weight is 763 g/mol. The molecule has 7 rings (SSSR count). The van der Waals surface area contributed by atoms with Crippen molar-refractivity contribution in [3.63, 3.8) is 0 Å². The molecule has 0 aliphatic heterocycles. The zero-order valence-electron chi connectivity index (χ0n) is 27.0. The monoisotopic (exact) mass is 763 g/mol. The van der Waals surface area contributed by atoms with Crippen molar-refractivity contribution in [1.82, 2.24) is 9.97 Å². The molecule has 2 fully saturated rings. The normalized spacial score (nSPS) is 18.7. The van der Waals surface area contributed by atoms with Crippen LogP contribution in [0.3, 0.4) is 0 Å². The summed E-state index contributed by atoms with van der Waals surface area (Å²) in [5.41, 5.74) is 9.23. The molecule has 44 heavy (non-hydrogen) atoms. The quantitative estimate of drug-likeness (QED) is 0.154. The van der Waals surface area contributed by atoms with Crippen molar-refractivity contribution < 1.29 is 20.1 Å². The molecule has 0 spiro atoms. The standard InChI is InChI=1S/C22H17N2.C17H29N2.Ir/c1-13-11-15-8-10-24-21-16-7-6-14-5-4-9-23-20(14)19(16)22(2,3)17(12-13)18(15)21;1-14(18-16-9-5-3-6-10-16)13-15(2)19-17-11-7-4-8-12-17;/h4-6,8-12H,1-3H3;13,16-17H,3-12H2,1-2H3;/q2*-1;/b;14-13-,19-15?;. The summed E-state index contributed by atoms with van der Waals surface area (Å²) in [6, 6.07) is 17.4. The average Bonchev–Trinajstić information content (AvgIpc) is 3.00. The number of aliphatic imine (C=N–C) groups is 1. The number of hydrogen-bond acceptors (Lipinski definition) is 3. The smallest absolute Gasteiger partial charge is 0.0502 e. The first kappa shape index (κ1) is 32.5. The number of aryl methyl sites for hydroxylation is 1. The number of nitrogens with zero attached hydrogens (tertiary/aromatic N) is 4. The van der Waals surface area contributed by atoms with Crippen LogP contribution in [0.1, 0.15) is 109 Å². The Morgan fingerprint density at radius 3 is 2.41 bits per heavy atom. The molecule has 2 aromatic heterocycles. The number of rotatable bonds is 4. The van der Waals surface area contributed by atoms with Gasteiger partial charge in [-0.1, -0.05) is 119 Å². The molecule has 2 aromatic carbocycles. The van der Waals surface area contributed by atoms with E-state index >= 15 is 0 Å². The van der Waals surface area contributed by atoms with E-state index in [0.29, 0.717) is 12.1 Å². The molecule has 2 heterocycles. The number of hydrogen-bond donors (Lipinski definition) is 0. The maximum Gasteiger partial charge on any atom is 0.0502 e. The van der Waals surface area contributed by atoms with Crippen molar-refractivity contribution in [2.24, 2.45) is 4.99 Å². The third-order valence-corrected chi connectivity index (χ3v) is 9.58. The van der Waals surface area contributed by atoms with E-state index in [2.05, 4.69) is 71.0 Å². The first-order chi connectivity index (χ1) is 20.8. The van der Waals surface area contributed by atoms with Crippen LogP contribution in [0.4, 0.5) is 0 Å². The van der Waals surface area contributed by atoms with E-state index in [9.17, 15) is 0 Å². The van der Waals surface area contributed by atoms with Gasteiger partial charge in [-0.15, -0.1) is 23.7 Å². The molecule has 4 nitrogen and oxygen atoms in total. The molecule has 5 heteroatoms. The van der Waals surface area contributed by atoms with Crippen molar-refractivity contribution in [3.05, 3.63) is 88.6 Å². The first-order valence-electron chi connectivity index (χ1n) is 16.4. The van der Waals surface area contributed by atoms with Gasteiger partial charge in [-0.3, -0.25) is 9.98 Å². The van der Waals surface area contributed by atoms with Gasteiger partial charge in [0.05, 0.1) is 6.04 Å². The Bertz CT molecular complexity index is 1670. The van der Waals surface area contributed by atoms with Gasteiger partial charge in [-0.05, 0) is 65.7 Å². The maximum absolute atomic E-state index is 4.85. The third-order valence-electron chi connectivity index (χ3n) is 9.58. The molecule has 233 valence electrons. The minimum Gasteiger partial charge on any atom is -0.685 e.